The van der Waals surface area contributed by atoms with Crippen molar-refractivity contribution in [1.82, 2.24) is 24.9 Å². The van der Waals surface area contributed by atoms with E-state index in [0.717, 1.165) is 17.8 Å². The first-order valence-electron chi connectivity index (χ1n) is 10.0. The van der Waals surface area contributed by atoms with Gasteiger partial charge < -0.3 is 20.3 Å². The Kier molecular flexibility index (Phi) is 5.00. The topological polar surface area (TPSA) is 106 Å². The van der Waals surface area contributed by atoms with Crippen molar-refractivity contribution in [3.05, 3.63) is 42.0 Å². The number of anilines is 4. The summed E-state index contributed by atoms with van der Waals surface area (Å²) in [6.45, 7) is 2.76. The number of ether oxygens (including phenoxy) is 1. The number of pyridine rings is 1. The highest BCUT2D eigenvalue weighted by Crippen LogP contribution is 2.40. The summed E-state index contributed by atoms with van der Waals surface area (Å²) in [6.07, 6.45) is 1.46. The Hall–Kier alpha value is -3.54. The number of nitrogen functional groups attached to an aromatic ring is 1. The Morgan fingerprint density at radius 1 is 0.969 bits per heavy atom. The Morgan fingerprint density at radius 2 is 1.72 bits per heavy atom. The fraction of sp³-hybridized carbons (Fsp3) is 0.350. The van der Waals surface area contributed by atoms with Gasteiger partial charge in [0, 0.05) is 49.4 Å². The number of nitrogens with zero attached hydrogens (tertiary/aromatic N) is 7. The monoisotopic (exact) mass is 444 g/mol. The van der Waals surface area contributed by atoms with E-state index in [9.17, 15) is 13.2 Å². The molecule has 2 aliphatic rings. The van der Waals surface area contributed by atoms with Crippen molar-refractivity contribution in [3.63, 3.8) is 0 Å². The number of halogens is 3. The lowest BCUT2D eigenvalue weighted by Gasteiger charge is -2.28. The molecule has 2 N–H and O–H groups in total. The van der Waals surface area contributed by atoms with Gasteiger partial charge in [-0.25, -0.2) is 15.0 Å². The number of hydrogen-bond donors (Lipinski definition) is 1. The minimum Gasteiger partial charge on any atom is -0.378 e. The van der Waals surface area contributed by atoms with Gasteiger partial charge in [-0.1, -0.05) is 0 Å². The number of hydrogen-bond acceptors (Lipinski definition) is 9. The van der Waals surface area contributed by atoms with Gasteiger partial charge in [-0.15, -0.1) is 0 Å². The van der Waals surface area contributed by atoms with Gasteiger partial charge in [0.25, 0.3) is 0 Å². The van der Waals surface area contributed by atoms with Crippen molar-refractivity contribution in [2.45, 2.75) is 12.6 Å². The van der Waals surface area contributed by atoms with E-state index in [0.29, 0.717) is 68.0 Å². The third-order valence-corrected chi connectivity index (χ3v) is 5.42. The summed E-state index contributed by atoms with van der Waals surface area (Å²) in [4.78, 5) is 25.2. The van der Waals surface area contributed by atoms with E-state index in [2.05, 4.69) is 15.0 Å². The zero-order valence-corrected chi connectivity index (χ0v) is 16.9. The number of morpholine rings is 1. The van der Waals surface area contributed by atoms with Crippen LogP contribution in [-0.2, 0) is 17.3 Å². The van der Waals surface area contributed by atoms with E-state index in [4.69, 9.17) is 20.4 Å². The molecule has 0 radical (unpaired) electrons. The predicted molar refractivity (Wildman–Crippen MR) is 110 cm³/mol. The quantitative estimate of drug-likeness (QED) is 0.652. The van der Waals surface area contributed by atoms with Crippen molar-refractivity contribution in [1.29, 1.82) is 0 Å². The van der Waals surface area contributed by atoms with Crippen LogP contribution in [0.25, 0.3) is 11.3 Å². The summed E-state index contributed by atoms with van der Waals surface area (Å²) in [5.41, 5.74) is 7.26. The van der Waals surface area contributed by atoms with Crippen molar-refractivity contribution in [2.24, 2.45) is 0 Å². The lowest BCUT2D eigenvalue weighted by molar-refractivity contribution is -0.137. The predicted octanol–water partition coefficient (Wildman–Crippen LogP) is 2.46. The maximum absolute atomic E-state index is 13.2. The van der Waals surface area contributed by atoms with Crippen molar-refractivity contribution >= 4 is 23.4 Å². The first kappa shape index (κ1) is 20.4. The van der Waals surface area contributed by atoms with E-state index < -0.39 is 11.7 Å². The smallest absolute Gasteiger partial charge is 0.378 e. The van der Waals surface area contributed by atoms with Crippen LogP contribution >= 0.6 is 0 Å². The molecule has 1 saturated heterocycles. The van der Waals surface area contributed by atoms with Crippen LogP contribution in [0.15, 0.2) is 30.9 Å². The van der Waals surface area contributed by atoms with Crippen LogP contribution in [0.3, 0.4) is 0 Å². The fourth-order valence-corrected chi connectivity index (χ4v) is 3.83. The number of rotatable bonds is 3. The van der Waals surface area contributed by atoms with Crippen LogP contribution < -0.4 is 15.5 Å². The van der Waals surface area contributed by atoms with Crippen molar-refractivity contribution < 1.29 is 17.9 Å². The molecule has 5 rings (SSSR count). The highest BCUT2D eigenvalue weighted by Gasteiger charge is 2.34. The Morgan fingerprint density at radius 3 is 2.44 bits per heavy atom. The summed E-state index contributed by atoms with van der Waals surface area (Å²) in [5.74, 6) is 1.17. The Balaban J connectivity index is 1.62. The maximum Gasteiger partial charge on any atom is 0.417 e. The van der Waals surface area contributed by atoms with Crippen LogP contribution in [0.1, 0.15) is 11.1 Å². The van der Waals surface area contributed by atoms with E-state index in [1.165, 1.54) is 6.20 Å². The molecule has 32 heavy (non-hydrogen) atoms. The molecule has 0 aromatic carbocycles. The molecule has 0 saturated carbocycles. The van der Waals surface area contributed by atoms with Gasteiger partial charge in [0.05, 0.1) is 36.4 Å². The highest BCUT2D eigenvalue weighted by atomic mass is 19.4. The first-order valence-corrected chi connectivity index (χ1v) is 10.0. The fourth-order valence-electron chi connectivity index (χ4n) is 3.83. The molecule has 1 fully saturated rings. The Labute approximate surface area is 181 Å². The van der Waals surface area contributed by atoms with E-state index >= 15 is 0 Å². The van der Waals surface area contributed by atoms with Gasteiger partial charge in [0.1, 0.15) is 5.82 Å². The lowest BCUT2D eigenvalue weighted by Crippen LogP contribution is -2.37. The molecule has 0 unspecified atom stereocenters. The molecule has 5 heterocycles. The van der Waals surface area contributed by atoms with E-state index in [1.807, 2.05) is 4.90 Å². The molecule has 2 aliphatic heterocycles. The summed E-state index contributed by atoms with van der Waals surface area (Å²) in [6, 6.07) is 1.09. The van der Waals surface area contributed by atoms with Crippen molar-refractivity contribution in [2.75, 3.05) is 48.4 Å². The minimum absolute atomic E-state index is 0.143. The van der Waals surface area contributed by atoms with Gasteiger partial charge in [0.2, 0.25) is 11.9 Å². The van der Waals surface area contributed by atoms with Gasteiger partial charge >= 0.3 is 6.18 Å². The normalized spacial score (nSPS) is 16.3. The summed E-state index contributed by atoms with van der Waals surface area (Å²) >= 11 is 0. The Bertz CT molecular complexity index is 1130. The second-order valence-electron chi connectivity index (χ2n) is 7.43. The molecule has 0 spiro atoms. The molecular weight excluding hydrogens is 425 g/mol. The SMILES string of the molecule is Nc1ncc(-c2nc(N3CCOCC3)nc3c2CCN3c2cncc(C(F)(F)F)c2)cn1. The average molecular weight is 444 g/mol. The summed E-state index contributed by atoms with van der Waals surface area (Å²) < 4.78 is 45.2. The second-order valence-corrected chi connectivity index (χ2v) is 7.43. The van der Waals surface area contributed by atoms with Crippen LogP contribution in [0, 0.1) is 0 Å². The van der Waals surface area contributed by atoms with Gasteiger partial charge in [-0.2, -0.15) is 18.2 Å². The van der Waals surface area contributed by atoms with E-state index in [1.54, 1.807) is 17.3 Å². The zero-order chi connectivity index (χ0) is 22.3. The third kappa shape index (κ3) is 3.77. The molecule has 0 amide bonds. The third-order valence-electron chi connectivity index (χ3n) is 5.42. The molecule has 0 bridgehead atoms. The number of nitrogens with two attached hydrogens (primary N) is 1. The number of fused-ring (bicyclic) bond motifs is 1. The number of alkyl halides is 3. The second kappa shape index (κ2) is 7.86. The molecule has 12 heteroatoms. The molecule has 3 aromatic rings. The molecule has 166 valence electrons. The van der Waals surface area contributed by atoms with E-state index in [-0.39, 0.29) is 5.95 Å². The van der Waals surface area contributed by atoms with Crippen LogP contribution in [-0.4, -0.2) is 57.8 Å². The van der Waals surface area contributed by atoms with Crippen molar-refractivity contribution in [3.8, 4) is 11.3 Å². The molecular formula is C20H19F3N8O. The summed E-state index contributed by atoms with van der Waals surface area (Å²) in [5, 5.41) is 0. The average Bonchev–Trinajstić information content (AvgIpc) is 3.23. The largest absolute Gasteiger partial charge is 0.417 e. The van der Waals surface area contributed by atoms with Gasteiger partial charge in [0.15, 0.2) is 0 Å². The maximum atomic E-state index is 13.2. The first-order chi connectivity index (χ1) is 15.4. The molecule has 9 nitrogen and oxygen atoms in total. The lowest BCUT2D eigenvalue weighted by atomic mass is 10.1. The molecule has 3 aromatic heterocycles. The van der Waals surface area contributed by atoms with Gasteiger partial charge in [-0.05, 0) is 12.5 Å². The standard InChI is InChI=1S/C20H19F3N8O/c21-20(22,23)13-7-14(11-25-10-13)31-2-1-15-16(12-8-26-18(24)27-9-12)28-19(29-17(15)31)30-3-5-32-6-4-30/h7-11H,1-6H2,(H2,24,26,27). The zero-order valence-electron chi connectivity index (χ0n) is 16.9. The number of aromatic nitrogens is 5. The molecule has 0 atom stereocenters. The minimum atomic E-state index is -4.48. The van der Waals surface area contributed by atoms with Crippen LogP contribution in [0.2, 0.25) is 0 Å². The highest BCUT2D eigenvalue weighted by molar-refractivity contribution is 5.76. The van der Waals surface area contributed by atoms with Crippen LogP contribution in [0.5, 0.6) is 0 Å². The molecule has 0 aliphatic carbocycles. The van der Waals surface area contributed by atoms with Gasteiger partial charge in [-0.3, -0.25) is 4.98 Å². The summed E-state index contributed by atoms with van der Waals surface area (Å²) in [7, 11) is 0. The van der Waals surface area contributed by atoms with Crippen LogP contribution in [0.4, 0.5) is 36.6 Å².